The van der Waals surface area contributed by atoms with Gasteiger partial charge in [0.1, 0.15) is 0 Å². The van der Waals surface area contributed by atoms with Crippen molar-refractivity contribution in [1.29, 1.82) is 0 Å². The summed E-state index contributed by atoms with van der Waals surface area (Å²) in [5, 5.41) is 0. The largest absolute Gasteiger partial charge is 0.454 e. The van der Waals surface area contributed by atoms with Crippen LogP contribution in [0, 0.1) is 0 Å². The predicted molar refractivity (Wildman–Crippen MR) is 92.9 cm³/mol. The van der Waals surface area contributed by atoms with Gasteiger partial charge in [0.2, 0.25) is 6.79 Å². The van der Waals surface area contributed by atoms with E-state index < -0.39 is 0 Å². The third kappa shape index (κ3) is 6.49. The second kappa shape index (κ2) is 10.8. The van der Waals surface area contributed by atoms with Crippen LogP contribution in [0.3, 0.4) is 0 Å². The quantitative estimate of drug-likeness (QED) is 0.504. The third-order valence-corrected chi connectivity index (χ3v) is 4.91. The minimum absolute atomic E-state index is 0.330. The highest BCUT2D eigenvalue weighted by Crippen LogP contribution is 2.32. The Hall–Kier alpha value is -0.870. The maximum Gasteiger partial charge on any atom is 0.231 e. The number of hydrogen-bond acceptors (Lipinski definition) is 4. The molecular weight excluding hydrogens is 296 g/mol. The lowest BCUT2D eigenvalue weighted by Crippen LogP contribution is -1.96. The van der Waals surface area contributed by atoms with Crippen LogP contribution < -0.4 is 9.47 Å². The molecule has 0 amide bonds. The maximum atomic E-state index is 5.74. The summed E-state index contributed by atoms with van der Waals surface area (Å²) in [6, 6.07) is 6.01. The lowest BCUT2D eigenvalue weighted by atomic mass is 10.2. The van der Waals surface area contributed by atoms with Crippen LogP contribution >= 0.6 is 11.8 Å². The monoisotopic (exact) mass is 324 g/mol. The van der Waals surface area contributed by atoms with Crippen LogP contribution in [0.4, 0.5) is 0 Å². The highest BCUT2D eigenvalue weighted by Gasteiger charge is 2.12. The molecule has 0 unspecified atom stereocenters. The summed E-state index contributed by atoms with van der Waals surface area (Å²) < 4.78 is 16.4. The molecule has 0 saturated heterocycles. The summed E-state index contributed by atoms with van der Waals surface area (Å²) in [7, 11) is 0. The Morgan fingerprint density at radius 2 is 1.82 bits per heavy atom. The summed E-state index contributed by atoms with van der Waals surface area (Å²) in [6.45, 7) is 4.08. The summed E-state index contributed by atoms with van der Waals surface area (Å²) in [5.74, 6) is 4.31. The molecule has 0 radical (unpaired) electrons. The Balaban J connectivity index is 1.43. The first kappa shape index (κ1) is 17.5. The molecule has 0 aliphatic carbocycles. The van der Waals surface area contributed by atoms with Crippen LogP contribution in [0.5, 0.6) is 11.5 Å². The summed E-state index contributed by atoms with van der Waals surface area (Å²) >= 11 is 2.09. The molecule has 0 aromatic heterocycles. The number of thioether (sulfide) groups is 1. The molecule has 4 heteroatoms. The van der Waals surface area contributed by atoms with Gasteiger partial charge >= 0.3 is 0 Å². The van der Waals surface area contributed by atoms with Crippen molar-refractivity contribution in [3.8, 4) is 11.5 Å². The van der Waals surface area contributed by atoms with Crippen LogP contribution in [0.15, 0.2) is 18.2 Å². The van der Waals surface area contributed by atoms with E-state index in [0.29, 0.717) is 13.4 Å². The molecule has 0 spiro atoms. The highest BCUT2D eigenvalue weighted by molar-refractivity contribution is 7.99. The molecule has 1 aromatic carbocycles. The number of unbranched alkanes of at least 4 members (excludes halogenated alkanes) is 4. The summed E-state index contributed by atoms with van der Waals surface area (Å²) in [5.41, 5.74) is 1.15. The van der Waals surface area contributed by atoms with Gasteiger partial charge in [-0.15, -0.1) is 0 Å². The van der Waals surface area contributed by atoms with Gasteiger partial charge < -0.3 is 14.2 Å². The van der Waals surface area contributed by atoms with Crippen molar-refractivity contribution >= 4 is 11.8 Å². The first-order valence-electron chi connectivity index (χ1n) is 8.44. The zero-order valence-electron chi connectivity index (χ0n) is 13.6. The molecule has 3 nitrogen and oxygen atoms in total. The van der Waals surface area contributed by atoms with Crippen molar-refractivity contribution in [2.24, 2.45) is 0 Å². The van der Waals surface area contributed by atoms with Crippen LogP contribution in [-0.2, 0) is 11.3 Å². The van der Waals surface area contributed by atoms with Gasteiger partial charge in [-0.2, -0.15) is 11.8 Å². The molecule has 1 heterocycles. The molecule has 0 fully saturated rings. The van der Waals surface area contributed by atoms with E-state index in [0.717, 1.165) is 30.1 Å². The van der Waals surface area contributed by atoms with Crippen LogP contribution in [-0.4, -0.2) is 24.9 Å². The lowest BCUT2D eigenvalue weighted by molar-refractivity contribution is 0.116. The van der Waals surface area contributed by atoms with E-state index in [4.69, 9.17) is 14.2 Å². The molecule has 0 bridgehead atoms. The van der Waals surface area contributed by atoms with E-state index in [-0.39, 0.29) is 0 Å². The first-order valence-corrected chi connectivity index (χ1v) is 9.59. The Bertz CT molecular complexity index is 423. The van der Waals surface area contributed by atoms with Crippen molar-refractivity contribution in [2.45, 2.75) is 52.1 Å². The molecular formula is C18H28O3S. The first-order chi connectivity index (χ1) is 10.9. The Morgan fingerprint density at radius 3 is 2.73 bits per heavy atom. The molecule has 1 aromatic rings. The fraction of sp³-hybridized carbons (Fsp3) is 0.667. The fourth-order valence-electron chi connectivity index (χ4n) is 2.41. The molecule has 2 rings (SSSR count). The Kier molecular flexibility index (Phi) is 8.57. The number of benzene rings is 1. The van der Waals surface area contributed by atoms with Crippen molar-refractivity contribution in [3.63, 3.8) is 0 Å². The van der Waals surface area contributed by atoms with Gasteiger partial charge in [-0.3, -0.25) is 0 Å². The Morgan fingerprint density at radius 1 is 1.00 bits per heavy atom. The molecule has 22 heavy (non-hydrogen) atoms. The number of ether oxygens (including phenoxy) is 3. The second-order valence-electron chi connectivity index (χ2n) is 5.62. The van der Waals surface area contributed by atoms with Gasteiger partial charge in [-0.1, -0.05) is 32.3 Å². The zero-order valence-corrected chi connectivity index (χ0v) is 14.5. The number of hydrogen-bond donors (Lipinski definition) is 0. The van der Waals surface area contributed by atoms with E-state index in [9.17, 15) is 0 Å². The molecule has 1 aliphatic heterocycles. The zero-order chi connectivity index (χ0) is 15.5. The average Bonchev–Trinajstić information content (AvgIpc) is 3.00. The van der Waals surface area contributed by atoms with Crippen molar-refractivity contribution < 1.29 is 14.2 Å². The molecule has 1 aliphatic rings. The molecule has 124 valence electrons. The van der Waals surface area contributed by atoms with Gasteiger partial charge in [0.25, 0.3) is 0 Å². The van der Waals surface area contributed by atoms with E-state index in [1.165, 1.54) is 43.6 Å². The van der Waals surface area contributed by atoms with E-state index in [1.807, 2.05) is 18.2 Å². The predicted octanol–water partition coefficient (Wildman–Crippen LogP) is 5.03. The maximum absolute atomic E-state index is 5.74. The van der Waals surface area contributed by atoms with Gasteiger partial charge in [-0.25, -0.2) is 0 Å². The third-order valence-electron chi connectivity index (χ3n) is 3.63. The van der Waals surface area contributed by atoms with Crippen LogP contribution in [0.1, 0.15) is 51.0 Å². The van der Waals surface area contributed by atoms with Gasteiger partial charge in [-0.05, 0) is 48.5 Å². The molecule has 0 N–H and O–H groups in total. The standard InChI is InChI=1S/C18H28O3S/c1-2-11-22-12-7-5-3-4-6-10-19-14-16-8-9-17-18(13-16)21-15-20-17/h8-9,13H,2-7,10-12,14-15H2,1H3. The lowest BCUT2D eigenvalue weighted by Gasteiger charge is -2.06. The topological polar surface area (TPSA) is 27.7 Å². The van der Waals surface area contributed by atoms with Crippen LogP contribution in [0.25, 0.3) is 0 Å². The smallest absolute Gasteiger partial charge is 0.231 e. The Labute approximate surface area is 138 Å². The minimum atomic E-state index is 0.330. The van der Waals surface area contributed by atoms with E-state index in [1.54, 1.807) is 0 Å². The average molecular weight is 324 g/mol. The number of rotatable bonds is 12. The molecule has 0 saturated carbocycles. The van der Waals surface area contributed by atoms with Crippen molar-refractivity contribution in [3.05, 3.63) is 23.8 Å². The van der Waals surface area contributed by atoms with E-state index in [2.05, 4.69) is 18.7 Å². The fourth-order valence-corrected chi connectivity index (χ4v) is 3.31. The summed E-state index contributed by atoms with van der Waals surface area (Å²) in [6.07, 6.45) is 7.79. The van der Waals surface area contributed by atoms with E-state index >= 15 is 0 Å². The van der Waals surface area contributed by atoms with Crippen molar-refractivity contribution in [2.75, 3.05) is 24.9 Å². The van der Waals surface area contributed by atoms with Gasteiger partial charge in [0, 0.05) is 6.61 Å². The SMILES string of the molecule is CCCSCCCCCCCOCc1ccc2c(c1)OCO2. The number of fused-ring (bicyclic) bond motifs is 1. The van der Waals surface area contributed by atoms with Gasteiger partial charge in [0.05, 0.1) is 6.61 Å². The van der Waals surface area contributed by atoms with Crippen LogP contribution in [0.2, 0.25) is 0 Å². The highest BCUT2D eigenvalue weighted by atomic mass is 32.2. The summed E-state index contributed by atoms with van der Waals surface area (Å²) in [4.78, 5) is 0. The van der Waals surface area contributed by atoms with Crippen molar-refractivity contribution in [1.82, 2.24) is 0 Å². The second-order valence-corrected chi connectivity index (χ2v) is 6.85. The van der Waals surface area contributed by atoms with Gasteiger partial charge in [0.15, 0.2) is 11.5 Å². The molecule has 0 atom stereocenters. The minimum Gasteiger partial charge on any atom is -0.454 e. The normalized spacial score (nSPS) is 12.8.